The lowest BCUT2D eigenvalue weighted by atomic mass is 10.3. The van der Waals surface area contributed by atoms with Gasteiger partial charge in [-0.25, -0.2) is 4.99 Å². The Morgan fingerprint density at radius 3 is 2.87 bits per heavy atom. The van der Waals surface area contributed by atoms with E-state index >= 15 is 0 Å². The fraction of sp³-hybridized carbons (Fsp3) is 0.100. The van der Waals surface area contributed by atoms with Crippen molar-refractivity contribution in [3.8, 4) is 0 Å². The fourth-order valence-electron chi connectivity index (χ4n) is 1.36. The second-order valence-corrected chi connectivity index (χ2v) is 3.90. The van der Waals surface area contributed by atoms with E-state index in [4.69, 9.17) is 28.9 Å². The average Bonchev–Trinajstić information content (AvgIpc) is 2.22. The van der Waals surface area contributed by atoms with Crippen molar-refractivity contribution in [3.05, 3.63) is 40.6 Å². The van der Waals surface area contributed by atoms with Crippen molar-refractivity contribution >= 4 is 34.7 Å². The van der Waals surface area contributed by atoms with Crippen LogP contribution in [-0.4, -0.2) is 12.4 Å². The van der Waals surface area contributed by atoms with E-state index in [1.54, 1.807) is 12.3 Å². The smallest absolute Gasteiger partial charge is 0.119 e. The summed E-state index contributed by atoms with van der Waals surface area (Å²) >= 11 is 12.0. The van der Waals surface area contributed by atoms with E-state index in [1.165, 1.54) is 0 Å². The van der Waals surface area contributed by atoms with Crippen LogP contribution in [0.25, 0.3) is 0 Å². The number of halogens is 2. The van der Waals surface area contributed by atoms with Crippen LogP contribution in [0, 0.1) is 0 Å². The van der Waals surface area contributed by atoms with Crippen LogP contribution in [0.5, 0.6) is 0 Å². The summed E-state index contributed by atoms with van der Waals surface area (Å²) in [4.78, 5) is 5.85. The minimum atomic E-state index is 0.524. The number of hydrogen-bond donors (Lipinski definition) is 1. The van der Waals surface area contributed by atoms with Crippen LogP contribution in [0.2, 0.25) is 10.0 Å². The Kier molecular flexibility index (Phi) is 2.84. The zero-order valence-corrected chi connectivity index (χ0v) is 9.33. The molecule has 1 aromatic rings. The van der Waals surface area contributed by atoms with Gasteiger partial charge in [-0.3, -0.25) is 0 Å². The lowest BCUT2D eigenvalue weighted by Gasteiger charge is -2.23. The van der Waals surface area contributed by atoms with Crippen molar-refractivity contribution in [2.45, 2.75) is 0 Å². The molecule has 0 spiro atoms. The van der Waals surface area contributed by atoms with Gasteiger partial charge in [0.15, 0.2) is 0 Å². The third-order valence-electron chi connectivity index (χ3n) is 2.06. The third-order valence-corrected chi connectivity index (χ3v) is 2.87. The predicted molar refractivity (Wildman–Crippen MR) is 64.6 cm³/mol. The largest absolute Gasteiger partial charge is 0.386 e. The summed E-state index contributed by atoms with van der Waals surface area (Å²) in [5, 5.41) is 1.06. The first-order chi connectivity index (χ1) is 7.18. The van der Waals surface area contributed by atoms with Gasteiger partial charge in [0.05, 0.1) is 22.3 Å². The molecule has 1 aromatic carbocycles. The summed E-state index contributed by atoms with van der Waals surface area (Å²) in [6.45, 7) is 0.524. The van der Waals surface area contributed by atoms with Crippen LogP contribution in [0.15, 0.2) is 35.6 Å². The number of nitrogens with two attached hydrogens (primary N) is 1. The Balaban J connectivity index is 2.35. The molecule has 1 aliphatic rings. The van der Waals surface area contributed by atoms with E-state index in [0.29, 0.717) is 22.4 Å². The zero-order valence-electron chi connectivity index (χ0n) is 7.82. The average molecular weight is 242 g/mol. The van der Waals surface area contributed by atoms with Crippen molar-refractivity contribution in [2.24, 2.45) is 10.7 Å². The highest BCUT2D eigenvalue weighted by atomic mass is 35.5. The van der Waals surface area contributed by atoms with Crippen molar-refractivity contribution in [2.75, 3.05) is 11.4 Å². The standard InChI is InChI=1S/C10H9Cl2N3/c11-7-2-1-3-8(10(7)12)15-5-4-14-9(13)6-15/h1-5H,6H2,(H2,13,14). The van der Waals surface area contributed by atoms with Crippen molar-refractivity contribution in [1.82, 2.24) is 0 Å². The van der Waals surface area contributed by atoms with Crippen LogP contribution < -0.4 is 10.6 Å². The van der Waals surface area contributed by atoms with E-state index in [1.807, 2.05) is 23.2 Å². The van der Waals surface area contributed by atoms with E-state index in [9.17, 15) is 0 Å². The Labute approximate surface area is 97.8 Å². The maximum absolute atomic E-state index is 6.09. The first kappa shape index (κ1) is 10.3. The molecule has 2 rings (SSSR count). The Morgan fingerprint density at radius 2 is 2.13 bits per heavy atom. The van der Waals surface area contributed by atoms with E-state index < -0.39 is 0 Å². The molecule has 0 aromatic heterocycles. The molecular formula is C10H9Cl2N3. The summed E-state index contributed by atoms with van der Waals surface area (Å²) < 4.78 is 0. The molecule has 1 heterocycles. The lowest BCUT2D eigenvalue weighted by Crippen LogP contribution is -2.32. The van der Waals surface area contributed by atoms with Gasteiger partial charge in [-0.1, -0.05) is 29.3 Å². The number of nitrogens with zero attached hydrogens (tertiary/aromatic N) is 2. The van der Waals surface area contributed by atoms with Crippen LogP contribution in [0.3, 0.4) is 0 Å². The van der Waals surface area contributed by atoms with Gasteiger partial charge in [0.2, 0.25) is 0 Å². The predicted octanol–water partition coefficient (Wildman–Crippen LogP) is 2.64. The number of aliphatic imine (C=N–C) groups is 1. The molecule has 3 nitrogen and oxygen atoms in total. The minimum Gasteiger partial charge on any atom is -0.386 e. The molecule has 0 saturated carbocycles. The van der Waals surface area contributed by atoms with Gasteiger partial charge < -0.3 is 10.6 Å². The summed E-state index contributed by atoms with van der Waals surface area (Å²) in [5.41, 5.74) is 6.46. The molecule has 0 atom stereocenters. The maximum Gasteiger partial charge on any atom is 0.119 e. The second kappa shape index (κ2) is 4.13. The summed E-state index contributed by atoms with van der Waals surface area (Å²) in [7, 11) is 0. The number of hydrogen-bond acceptors (Lipinski definition) is 3. The van der Waals surface area contributed by atoms with Crippen molar-refractivity contribution in [1.29, 1.82) is 0 Å². The highest BCUT2D eigenvalue weighted by molar-refractivity contribution is 6.43. The monoisotopic (exact) mass is 241 g/mol. The van der Waals surface area contributed by atoms with Gasteiger partial charge in [-0.15, -0.1) is 0 Å². The molecule has 0 bridgehead atoms. The minimum absolute atomic E-state index is 0.524. The Bertz CT molecular complexity index is 440. The first-order valence-corrected chi connectivity index (χ1v) is 5.13. The van der Waals surface area contributed by atoms with E-state index in [-0.39, 0.29) is 0 Å². The number of anilines is 1. The molecule has 0 saturated heterocycles. The second-order valence-electron chi connectivity index (χ2n) is 3.12. The molecule has 5 heteroatoms. The van der Waals surface area contributed by atoms with Crippen molar-refractivity contribution in [3.63, 3.8) is 0 Å². The van der Waals surface area contributed by atoms with Gasteiger partial charge in [-0.05, 0) is 12.1 Å². The van der Waals surface area contributed by atoms with Crippen LogP contribution in [-0.2, 0) is 0 Å². The molecular weight excluding hydrogens is 233 g/mol. The van der Waals surface area contributed by atoms with Crippen LogP contribution in [0.1, 0.15) is 0 Å². The molecule has 2 N–H and O–H groups in total. The van der Waals surface area contributed by atoms with Gasteiger partial charge in [0.1, 0.15) is 5.84 Å². The van der Waals surface area contributed by atoms with Crippen LogP contribution >= 0.6 is 23.2 Å². The molecule has 0 unspecified atom stereocenters. The quantitative estimate of drug-likeness (QED) is 0.822. The van der Waals surface area contributed by atoms with Gasteiger partial charge in [0.25, 0.3) is 0 Å². The van der Waals surface area contributed by atoms with Gasteiger partial charge in [0, 0.05) is 12.4 Å². The highest BCUT2D eigenvalue weighted by Crippen LogP contribution is 2.32. The Morgan fingerprint density at radius 1 is 1.33 bits per heavy atom. The Hall–Kier alpha value is -1.19. The summed E-state index contributed by atoms with van der Waals surface area (Å²) in [6, 6.07) is 5.48. The van der Waals surface area contributed by atoms with Gasteiger partial charge in [-0.2, -0.15) is 0 Å². The molecule has 15 heavy (non-hydrogen) atoms. The molecule has 0 amide bonds. The SMILES string of the molecule is NC1=NC=CN(c2cccc(Cl)c2Cl)C1. The maximum atomic E-state index is 6.09. The van der Waals surface area contributed by atoms with Crippen molar-refractivity contribution < 1.29 is 0 Å². The topological polar surface area (TPSA) is 41.6 Å². The molecule has 0 radical (unpaired) electrons. The number of amidine groups is 1. The first-order valence-electron chi connectivity index (χ1n) is 4.38. The van der Waals surface area contributed by atoms with Crippen LogP contribution in [0.4, 0.5) is 5.69 Å². The normalized spacial score (nSPS) is 15.3. The number of rotatable bonds is 1. The summed E-state index contributed by atoms with van der Waals surface area (Å²) in [5.74, 6) is 0.550. The highest BCUT2D eigenvalue weighted by Gasteiger charge is 2.13. The molecule has 0 aliphatic carbocycles. The number of benzene rings is 1. The third kappa shape index (κ3) is 2.08. The van der Waals surface area contributed by atoms with E-state index in [0.717, 1.165) is 5.69 Å². The molecule has 0 fully saturated rings. The summed E-state index contributed by atoms with van der Waals surface area (Å²) in [6.07, 6.45) is 3.45. The van der Waals surface area contributed by atoms with E-state index in [2.05, 4.69) is 4.99 Å². The lowest BCUT2D eigenvalue weighted by molar-refractivity contribution is 1.07. The molecule has 1 aliphatic heterocycles. The fourth-order valence-corrected chi connectivity index (χ4v) is 1.76. The zero-order chi connectivity index (χ0) is 10.8. The molecule has 78 valence electrons. The van der Waals surface area contributed by atoms with Gasteiger partial charge >= 0.3 is 0 Å².